The van der Waals surface area contributed by atoms with E-state index in [0.29, 0.717) is 42.6 Å². The molecule has 0 aliphatic carbocycles. The smallest absolute Gasteiger partial charge is 0.258 e. The number of amides is 1. The second kappa shape index (κ2) is 10.1. The lowest BCUT2D eigenvalue weighted by molar-refractivity contribution is 0.0955. The van der Waals surface area contributed by atoms with Gasteiger partial charge in [0.1, 0.15) is 11.6 Å². The quantitative estimate of drug-likeness (QED) is 0.603. The first kappa shape index (κ1) is 23.5. The number of carbonyl (C=O) groups is 1. The summed E-state index contributed by atoms with van der Waals surface area (Å²) in [6.45, 7) is 4.73. The van der Waals surface area contributed by atoms with Gasteiger partial charge in [-0.25, -0.2) is 4.39 Å². The monoisotopic (exact) mass is 455 g/mol. The third-order valence-electron chi connectivity index (χ3n) is 6.83. The molecule has 0 saturated carbocycles. The van der Waals surface area contributed by atoms with Crippen molar-refractivity contribution in [2.24, 2.45) is 0 Å². The number of methoxy groups -OCH3 is 1. The van der Waals surface area contributed by atoms with Crippen LogP contribution in [0.25, 0.3) is 0 Å². The van der Waals surface area contributed by atoms with Gasteiger partial charge in [-0.1, -0.05) is 0 Å². The van der Waals surface area contributed by atoms with Gasteiger partial charge < -0.3 is 24.2 Å². The van der Waals surface area contributed by atoms with Crippen molar-refractivity contribution in [2.45, 2.75) is 38.3 Å². The summed E-state index contributed by atoms with van der Waals surface area (Å²) in [5.74, 6) is 0.381. The van der Waals surface area contributed by atoms with Gasteiger partial charge in [-0.15, -0.1) is 0 Å². The van der Waals surface area contributed by atoms with Crippen LogP contribution in [0.2, 0.25) is 0 Å². The summed E-state index contributed by atoms with van der Waals surface area (Å²) < 4.78 is 26.1. The predicted octanol–water partition coefficient (Wildman–Crippen LogP) is 3.97. The van der Waals surface area contributed by atoms with E-state index in [2.05, 4.69) is 23.9 Å². The number of likely N-dealkylation sites (N-methyl/N-ethyl adjacent to an activating group) is 1. The average Bonchev–Trinajstić information content (AvgIpc) is 3.29. The van der Waals surface area contributed by atoms with Gasteiger partial charge in [-0.05, 0) is 75.8 Å². The van der Waals surface area contributed by atoms with Crippen molar-refractivity contribution in [3.8, 4) is 5.75 Å². The Morgan fingerprint density at radius 2 is 2.00 bits per heavy atom. The van der Waals surface area contributed by atoms with E-state index in [1.165, 1.54) is 6.07 Å². The summed E-state index contributed by atoms with van der Waals surface area (Å²) in [7, 11) is 5.81. The molecule has 0 aromatic heterocycles. The van der Waals surface area contributed by atoms with Crippen LogP contribution in [0.15, 0.2) is 36.4 Å². The Balaban J connectivity index is 1.44. The Bertz CT molecular complexity index is 997. The number of benzene rings is 2. The first-order valence-electron chi connectivity index (χ1n) is 11.7. The standard InChI is InChI=1S/C26H34FN3O3/c1-18(32-4)11-14-33-22-6-7-23-19(15-22)9-13-30(26(23)31)20-5-8-25(24(27)16-20)29-12-10-21(17-29)28(2)3/h5-8,15-16,18,21H,9-14,17H2,1-4H3/t18?,21-/m1/s1. The molecule has 2 aromatic carbocycles. The number of nitrogens with zero attached hydrogens (tertiary/aromatic N) is 3. The molecule has 2 aliphatic rings. The number of hydrogen-bond donors (Lipinski definition) is 0. The van der Waals surface area contributed by atoms with Crippen LogP contribution in [0.1, 0.15) is 35.7 Å². The summed E-state index contributed by atoms with van der Waals surface area (Å²) >= 11 is 0. The molecule has 1 unspecified atom stereocenters. The largest absolute Gasteiger partial charge is 0.493 e. The molecule has 1 amide bonds. The lowest BCUT2D eigenvalue weighted by atomic mass is 9.98. The molecule has 2 aromatic rings. The van der Waals surface area contributed by atoms with Crippen LogP contribution >= 0.6 is 0 Å². The fraction of sp³-hybridized carbons (Fsp3) is 0.500. The minimum absolute atomic E-state index is 0.100. The number of halogens is 1. The van der Waals surface area contributed by atoms with E-state index in [1.54, 1.807) is 12.0 Å². The minimum Gasteiger partial charge on any atom is -0.493 e. The highest BCUT2D eigenvalue weighted by Gasteiger charge is 2.29. The molecule has 2 atom stereocenters. The van der Waals surface area contributed by atoms with Gasteiger partial charge in [-0.3, -0.25) is 4.79 Å². The van der Waals surface area contributed by atoms with Crippen LogP contribution in [-0.4, -0.2) is 70.4 Å². The molecule has 4 rings (SSSR count). The first-order valence-corrected chi connectivity index (χ1v) is 11.7. The lowest BCUT2D eigenvalue weighted by Gasteiger charge is -2.30. The van der Waals surface area contributed by atoms with Crippen molar-refractivity contribution >= 4 is 17.3 Å². The SMILES string of the molecule is COC(C)CCOc1ccc2c(c1)CCN(c1ccc(N3CC[C@@H](N(C)C)C3)c(F)c1)C2=O. The molecule has 2 aliphatic heterocycles. The molecule has 0 spiro atoms. The van der Waals surface area contributed by atoms with Gasteiger partial charge in [0.25, 0.3) is 5.91 Å². The van der Waals surface area contributed by atoms with E-state index >= 15 is 4.39 Å². The third kappa shape index (κ3) is 5.14. The Hall–Kier alpha value is -2.64. The Kier molecular flexibility index (Phi) is 7.20. The molecule has 0 radical (unpaired) electrons. The molecule has 7 heteroatoms. The fourth-order valence-corrected chi connectivity index (χ4v) is 4.56. The maximum Gasteiger partial charge on any atom is 0.258 e. The average molecular weight is 456 g/mol. The normalized spacial score (nSPS) is 19.2. The van der Waals surface area contributed by atoms with Crippen LogP contribution in [0.4, 0.5) is 15.8 Å². The maximum atomic E-state index is 15.0. The minimum atomic E-state index is -0.278. The van der Waals surface area contributed by atoms with Crippen LogP contribution in [0.3, 0.4) is 0 Å². The molecule has 33 heavy (non-hydrogen) atoms. The molecular formula is C26H34FN3O3. The van der Waals surface area contributed by atoms with Crippen LogP contribution in [0, 0.1) is 5.82 Å². The first-order chi connectivity index (χ1) is 15.9. The predicted molar refractivity (Wildman–Crippen MR) is 129 cm³/mol. The number of anilines is 2. The van der Waals surface area contributed by atoms with Crippen LogP contribution in [-0.2, 0) is 11.2 Å². The number of rotatable bonds is 8. The van der Waals surface area contributed by atoms with E-state index in [1.807, 2.05) is 37.3 Å². The van der Waals surface area contributed by atoms with Crippen molar-refractivity contribution < 1.29 is 18.7 Å². The van der Waals surface area contributed by atoms with Crippen LogP contribution < -0.4 is 14.5 Å². The summed E-state index contributed by atoms with van der Waals surface area (Å²) in [5.41, 5.74) is 2.83. The van der Waals surface area contributed by atoms with E-state index in [9.17, 15) is 4.79 Å². The fourth-order valence-electron chi connectivity index (χ4n) is 4.56. The second-order valence-corrected chi connectivity index (χ2v) is 9.20. The molecular weight excluding hydrogens is 421 g/mol. The van der Waals surface area contributed by atoms with Gasteiger partial charge >= 0.3 is 0 Å². The number of hydrogen-bond acceptors (Lipinski definition) is 5. The number of fused-ring (bicyclic) bond motifs is 1. The molecule has 6 nitrogen and oxygen atoms in total. The topological polar surface area (TPSA) is 45.3 Å². The Labute approximate surface area is 195 Å². The highest BCUT2D eigenvalue weighted by Crippen LogP contribution is 2.32. The molecule has 0 N–H and O–H groups in total. The molecule has 178 valence electrons. The van der Waals surface area contributed by atoms with Crippen molar-refractivity contribution in [1.82, 2.24) is 4.90 Å². The van der Waals surface area contributed by atoms with E-state index in [4.69, 9.17) is 9.47 Å². The third-order valence-corrected chi connectivity index (χ3v) is 6.83. The van der Waals surface area contributed by atoms with Crippen molar-refractivity contribution in [3.63, 3.8) is 0 Å². The summed E-state index contributed by atoms with van der Waals surface area (Å²) in [5, 5.41) is 0. The maximum absolute atomic E-state index is 15.0. The molecule has 2 heterocycles. The van der Waals surface area contributed by atoms with Crippen molar-refractivity contribution in [2.75, 3.05) is 57.2 Å². The highest BCUT2D eigenvalue weighted by atomic mass is 19.1. The highest BCUT2D eigenvalue weighted by molar-refractivity contribution is 6.08. The van der Waals surface area contributed by atoms with Gasteiger partial charge in [-0.2, -0.15) is 0 Å². The van der Waals surface area contributed by atoms with Gasteiger partial charge in [0.05, 0.1) is 18.4 Å². The van der Waals surface area contributed by atoms with E-state index in [-0.39, 0.29) is 17.8 Å². The lowest BCUT2D eigenvalue weighted by Crippen LogP contribution is -2.37. The van der Waals surface area contributed by atoms with Gasteiger partial charge in [0, 0.05) is 50.5 Å². The Morgan fingerprint density at radius 1 is 1.18 bits per heavy atom. The van der Waals surface area contributed by atoms with Crippen molar-refractivity contribution in [3.05, 3.63) is 53.3 Å². The van der Waals surface area contributed by atoms with E-state index in [0.717, 1.165) is 37.2 Å². The second-order valence-electron chi connectivity index (χ2n) is 9.20. The molecule has 1 fully saturated rings. The van der Waals surface area contributed by atoms with E-state index < -0.39 is 0 Å². The van der Waals surface area contributed by atoms with Crippen LogP contribution in [0.5, 0.6) is 5.75 Å². The summed E-state index contributed by atoms with van der Waals surface area (Å²) in [6.07, 6.45) is 2.67. The summed E-state index contributed by atoms with van der Waals surface area (Å²) in [6, 6.07) is 11.2. The van der Waals surface area contributed by atoms with Gasteiger partial charge in [0.15, 0.2) is 0 Å². The zero-order valence-electron chi connectivity index (χ0n) is 20.0. The van der Waals surface area contributed by atoms with Crippen molar-refractivity contribution in [1.29, 1.82) is 0 Å². The summed E-state index contributed by atoms with van der Waals surface area (Å²) in [4.78, 5) is 19.1. The Morgan fingerprint density at radius 3 is 2.70 bits per heavy atom. The number of ether oxygens (including phenoxy) is 2. The number of carbonyl (C=O) groups excluding carboxylic acids is 1. The zero-order valence-corrected chi connectivity index (χ0v) is 20.0. The van der Waals surface area contributed by atoms with Gasteiger partial charge in [0.2, 0.25) is 0 Å². The molecule has 1 saturated heterocycles. The zero-order chi connectivity index (χ0) is 23.5. The molecule has 0 bridgehead atoms.